The lowest BCUT2D eigenvalue weighted by Crippen LogP contribution is -2.27. The van der Waals surface area contributed by atoms with E-state index in [2.05, 4.69) is 10.3 Å². The van der Waals surface area contributed by atoms with Crippen LogP contribution in [0.1, 0.15) is 30.6 Å². The number of aromatic amines is 1. The predicted octanol–water partition coefficient (Wildman–Crippen LogP) is 1.67. The Hall–Kier alpha value is -2.48. The van der Waals surface area contributed by atoms with E-state index in [1.54, 1.807) is 39.1 Å². The van der Waals surface area contributed by atoms with E-state index in [1.807, 2.05) is 0 Å². The number of carbonyl (C=O) groups excluding carboxylic acids is 2. The van der Waals surface area contributed by atoms with Crippen LogP contribution in [0.15, 0.2) is 23.0 Å². The first-order valence-electron chi connectivity index (χ1n) is 7.50. The van der Waals surface area contributed by atoms with Gasteiger partial charge in [0.2, 0.25) is 0 Å². The third kappa shape index (κ3) is 4.08. The molecule has 0 radical (unpaired) electrons. The molecule has 2 aromatic rings. The topological polar surface area (TPSA) is 93.2 Å². The molecule has 2 rings (SSSR count). The van der Waals surface area contributed by atoms with Crippen molar-refractivity contribution in [3.8, 4) is 0 Å². The average Bonchev–Trinajstić information content (AvgIpc) is 2.51. The zero-order chi connectivity index (χ0) is 17.9. The van der Waals surface area contributed by atoms with Crippen LogP contribution in [0, 0.1) is 4.77 Å². The van der Waals surface area contributed by atoms with Crippen molar-refractivity contribution in [2.24, 2.45) is 7.05 Å². The predicted molar refractivity (Wildman–Crippen MR) is 92.6 cm³/mol. The van der Waals surface area contributed by atoms with Crippen LogP contribution in [0.2, 0.25) is 0 Å². The van der Waals surface area contributed by atoms with Crippen LogP contribution in [0.3, 0.4) is 0 Å². The number of esters is 1. The second kappa shape index (κ2) is 7.39. The largest absolute Gasteiger partial charge is 0.463 e. The zero-order valence-corrected chi connectivity index (χ0v) is 14.5. The van der Waals surface area contributed by atoms with Crippen molar-refractivity contribution in [2.75, 3.05) is 6.54 Å². The molecule has 0 aliphatic rings. The van der Waals surface area contributed by atoms with Crippen molar-refractivity contribution in [1.29, 1.82) is 0 Å². The van der Waals surface area contributed by atoms with E-state index in [4.69, 9.17) is 17.0 Å². The highest BCUT2D eigenvalue weighted by Crippen LogP contribution is 2.10. The number of ether oxygens (including phenoxy) is 1. The Labute approximate surface area is 143 Å². The van der Waals surface area contributed by atoms with Gasteiger partial charge in [0.1, 0.15) is 0 Å². The molecule has 24 heavy (non-hydrogen) atoms. The summed E-state index contributed by atoms with van der Waals surface area (Å²) in [5.41, 5.74) is 0.644. The Bertz CT molecular complexity index is 898. The van der Waals surface area contributed by atoms with Gasteiger partial charge in [-0.05, 0) is 44.3 Å². The number of aromatic nitrogens is 2. The van der Waals surface area contributed by atoms with Crippen molar-refractivity contribution in [3.63, 3.8) is 0 Å². The van der Waals surface area contributed by atoms with E-state index >= 15 is 0 Å². The highest BCUT2D eigenvalue weighted by molar-refractivity contribution is 7.71. The summed E-state index contributed by atoms with van der Waals surface area (Å²) in [6.07, 6.45) is -0.0834. The number of benzene rings is 1. The van der Waals surface area contributed by atoms with Gasteiger partial charge in [-0.1, -0.05) is 0 Å². The van der Waals surface area contributed by atoms with Crippen LogP contribution < -0.4 is 10.9 Å². The van der Waals surface area contributed by atoms with Gasteiger partial charge in [0.25, 0.3) is 11.5 Å². The van der Waals surface area contributed by atoms with Gasteiger partial charge in [0, 0.05) is 19.2 Å². The summed E-state index contributed by atoms with van der Waals surface area (Å²) >= 11 is 5.07. The van der Waals surface area contributed by atoms with Crippen LogP contribution in [0.5, 0.6) is 0 Å². The summed E-state index contributed by atoms with van der Waals surface area (Å²) in [7, 11) is 1.58. The number of amides is 1. The molecule has 0 spiro atoms. The van der Waals surface area contributed by atoms with E-state index in [9.17, 15) is 14.4 Å². The van der Waals surface area contributed by atoms with Gasteiger partial charge in [-0.2, -0.15) is 0 Å². The SMILES string of the molecule is CC(C)OC(=O)CCNC(=O)c1ccc2c(=O)n(C)c(=S)[nH]c2c1. The summed E-state index contributed by atoms with van der Waals surface area (Å²) < 4.78 is 6.60. The minimum atomic E-state index is -0.364. The Morgan fingerprint density at radius 2 is 2.08 bits per heavy atom. The molecular formula is C16H19N3O4S. The van der Waals surface area contributed by atoms with Gasteiger partial charge in [-0.3, -0.25) is 19.0 Å². The summed E-state index contributed by atoms with van der Waals surface area (Å²) in [6.45, 7) is 3.70. The molecular weight excluding hydrogens is 330 g/mol. The lowest BCUT2D eigenvalue weighted by molar-refractivity contribution is -0.147. The molecule has 8 heteroatoms. The maximum Gasteiger partial charge on any atom is 0.307 e. The van der Waals surface area contributed by atoms with Crippen LogP contribution in [-0.4, -0.2) is 34.1 Å². The Kier molecular flexibility index (Phi) is 5.50. The van der Waals surface area contributed by atoms with E-state index in [1.165, 1.54) is 4.57 Å². The molecule has 0 bridgehead atoms. The van der Waals surface area contributed by atoms with Gasteiger partial charge < -0.3 is 15.0 Å². The summed E-state index contributed by atoms with van der Waals surface area (Å²) in [5, 5.41) is 3.09. The average molecular weight is 349 g/mol. The number of hydrogen-bond donors (Lipinski definition) is 2. The number of hydrogen-bond acceptors (Lipinski definition) is 5. The van der Waals surface area contributed by atoms with E-state index in [0.29, 0.717) is 16.5 Å². The second-order valence-corrected chi connectivity index (χ2v) is 5.99. The second-order valence-electron chi connectivity index (χ2n) is 5.60. The van der Waals surface area contributed by atoms with Gasteiger partial charge in [0.05, 0.1) is 23.4 Å². The molecule has 1 aromatic carbocycles. The minimum absolute atomic E-state index is 0.0977. The summed E-state index contributed by atoms with van der Waals surface area (Å²) in [4.78, 5) is 38.6. The van der Waals surface area contributed by atoms with Crippen LogP contribution in [0.4, 0.5) is 0 Å². The number of carbonyl (C=O) groups is 2. The van der Waals surface area contributed by atoms with Gasteiger partial charge >= 0.3 is 5.97 Å². The quantitative estimate of drug-likeness (QED) is 0.633. The monoisotopic (exact) mass is 349 g/mol. The van der Waals surface area contributed by atoms with E-state index in [-0.39, 0.29) is 41.3 Å². The lowest BCUT2D eigenvalue weighted by Gasteiger charge is -2.09. The van der Waals surface area contributed by atoms with E-state index in [0.717, 1.165) is 0 Å². The number of rotatable bonds is 5. The van der Waals surface area contributed by atoms with Crippen molar-refractivity contribution in [3.05, 3.63) is 38.9 Å². The number of fused-ring (bicyclic) bond motifs is 1. The first kappa shape index (κ1) is 17.9. The van der Waals surface area contributed by atoms with Crippen molar-refractivity contribution >= 4 is 35.0 Å². The van der Waals surface area contributed by atoms with Crippen molar-refractivity contribution in [1.82, 2.24) is 14.9 Å². The maximum atomic E-state index is 12.1. The van der Waals surface area contributed by atoms with Crippen LogP contribution in [-0.2, 0) is 16.6 Å². The molecule has 0 atom stereocenters. The highest BCUT2D eigenvalue weighted by Gasteiger charge is 2.10. The zero-order valence-electron chi connectivity index (χ0n) is 13.7. The van der Waals surface area contributed by atoms with Gasteiger partial charge in [0.15, 0.2) is 4.77 Å². The Morgan fingerprint density at radius 3 is 2.75 bits per heavy atom. The molecule has 0 saturated carbocycles. The third-order valence-corrected chi connectivity index (χ3v) is 3.72. The summed E-state index contributed by atoms with van der Waals surface area (Å²) in [6, 6.07) is 4.70. The Balaban J connectivity index is 2.11. The fraction of sp³-hybridized carbons (Fsp3) is 0.375. The van der Waals surface area contributed by atoms with Crippen LogP contribution in [0.25, 0.3) is 10.9 Å². The molecule has 1 aromatic heterocycles. The molecule has 128 valence electrons. The van der Waals surface area contributed by atoms with Crippen molar-refractivity contribution in [2.45, 2.75) is 26.4 Å². The normalized spacial score (nSPS) is 10.8. The smallest absolute Gasteiger partial charge is 0.307 e. The van der Waals surface area contributed by atoms with Gasteiger partial charge in [-0.25, -0.2) is 0 Å². The minimum Gasteiger partial charge on any atom is -0.463 e. The number of nitrogens with one attached hydrogen (secondary N) is 2. The molecule has 7 nitrogen and oxygen atoms in total. The third-order valence-electron chi connectivity index (χ3n) is 3.34. The summed E-state index contributed by atoms with van der Waals surface area (Å²) in [5.74, 6) is -0.703. The molecule has 0 fully saturated rings. The molecule has 0 saturated heterocycles. The Morgan fingerprint density at radius 1 is 1.38 bits per heavy atom. The number of H-pyrrole nitrogens is 1. The molecule has 2 N–H and O–H groups in total. The van der Waals surface area contributed by atoms with E-state index < -0.39 is 0 Å². The fourth-order valence-electron chi connectivity index (χ4n) is 2.15. The fourth-order valence-corrected chi connectivity index (χ4v) is 2.34. The standard InChI is InChI=1S/C16H19N3O4S/c1-9(2)23-13(20)6-7-17-14(21)10-4-5-11-12(8-10)18-16(24)19(3)15(11)22/h4-5,8-9H,6-7H2,1-3H3,(H,17,21)(H,18,24). The molecule has 0 aliphatic carbocycles. The first-order valence-corrected chi connectivity index (χ1v) is 7.91. The molecule has 0 aliphatic heterocycles. The molecule has 1 heterocycles. The van der Waals surface area contributed by atoms with Gasteiger partial charge in [-0.15, -0.1) is 0 Å². The highest BCUT2D eigenvalue weighted by atomic mass is 32.1. The molecule has 1 amide bonds. The van der Waals surface area contributed by atoms with Crippen LogP contribution >= 0.6 is 12.2 Å². The lowest BCUT2D eigenvalue weighted by atomic mass is 10.1. The maximum absolute atomic E-state index is 12.1. The first-order chi connectivity index (χ1) is 11.3. The van der Waals surface area contributed by atoms with Crippen molar-refractivity contribution < 1.29 is 14.3 Å². The molecule has 0 unspecified atom stereocenters. The number of nitrogens with zero attached hydrogens (tertiary/aromatic N) is 1.